The molecule has 1 aliphatic heterocycles. The van der Waals surface area contributed by atoms with E-state index < -0.39 is 27.4 Å². The van der Waals surface area contributed by atoms with Crippen molar-refractivity contribution in [2.75, 3.05) is 32.2 Å². The third-order valence-corrected chi connectivity index (χ3v) is 9.10. The van der Waals surface area contributed by atoms with Gasteiger partial charge in [-0.3, -0.25) is 0 Å². The first kappa shape index (κ1) is 24.9. The third-order valence-electron chi connectivity index (χ3n) is 7.77. The summed E-state index contributed by atoms with van der Waals surface area (Å²) in [5, 5.41) is 0. The summed E-state index contributed by atoms with van der Waals surface area (Å²) in [4.78, 5) is 2.06. The summed E-state index contributed by atoms with van der Waals surface area (Å²) in [7, 11) is -3.90. The van der Waals surface area contributed by atoms with Crippen LogP contribution in [0.4, 0.5) is 17.6 Å². The van der Waals surface area contributed by atoms with E-state index in [9.17, 15) is 26.0 Å². The summed E-state index contributed by atoms with van der Waals surface area (Å²) >= 11 is 0. The number of halogens is 4. The normalized spacial score (nSPS) is 26.9. The van der Waals surface area contributed by atoms with E-state index in [2.05, 4.69) is 0 Å². The molecular formula is C24H33F4NO3S. The molecule has 0 amide bonds. The summed E-state index contributed by atoms with van der Waals surface area (Å²) in [5.74, 6) is 0.449. The van der Waals surface area contributed by atoms with Gasteiger partial charge >= 0.3 is 6.18 Å². The van der Waals surface area contributed by atoms with E-state index >= 15 is 0 Å². The topological polar surface area (TPSA) is 46.6 Å². The standard InChI is InChI=1S/C24H33F4NO3S/c25-17-33(30,31)22-4-2-1-3-21(22)19-5-7-20(8-6-19)32-15-18-9-13-29(14-10-18)16-23(11-12-23)24(26,27)28/h1-4,18-20H,5-17H2. The maximum Gasteiger partial charge on any atom is 0.395 e. The van der Waals surface area contributed by atoms with Crippen LogP contribution in [0, 0.1) is 11.3 Å². The molecule has 1 aromatic rings. The van der Waals surface area contributed by atoms with Gasteiger partial charge in [0.15, 0.2) is 6.01 Å². The zero-order valence-electron chi connectivity index (χ0n) is 18.8. The SMILES string of the molecule is O=S(=O)(CF)c1ccccc1C1CCC(OCC2CCN(CC3(C(F)(F)F)CC3)CC2)CC1. The zero-order chi connectivity index (χ0) is 23.7. The summed E-state index contributed by atoms with van der Waals surface area (Å²) < 4.78 is 83.0. The van der Waals surface area contributed by atoms with Crippen molar-refractivity contribution in [3.63, 3.8) is 0 Å². The highest BCUT2D eigenvalue weighted by molar-refractivity contribution is 7.91. The molecule has 0 spiro atoms. The molecule has 33 heavy (non-hydrogen) atoms. The van der Waals surface area contributed by atoms with Gasteiger partial charge in [0.25, 0.3) is 0 Å². The van der Waals surface area contributed by atoms with Crippen LogP contribution in [0.25, 0.3) is 0 Å². The first-order valence-corrected chi connectivity index (χ1v) is 13.6. The molecule has 0 radical (unpaired) electrons. The van der Waals surface area contributed by atoms with Gasteiger partial charge in [0.2, 0.25) is 9.84 Å². The van der Waals surface area contributed by atoms with Gasteiger partial charge in [-0.15, -0.1) is 0 Å². The van der Waals surface area contributed by atoms with Gasteiger partial charge in [0.1, 0.15) is 0 Å². The molecule has 0 aromatic heterocycles. The Kier molecular flexibility index (Phi) is 7.41. The highest BCUT2D eigenvalue weighted by atomic mass is 32.2. The molecule has 0 bridgehead atoms. The monoisotopic (exact) mass is 491 g/mol. The minimum absolute atomic E-state index is 0.0778. The molecule has 1 heterocycles. The molecule has 4 nitrogen and oxygen atoms in total. The molecule has 1 aromatic carbocycles. The minimum Gasteiger partial charge on any atom is -0.378 e. The Morgan fingerprint density at radius 2 is 1.64 bits per heavy atom. The van der Waals surface area contributed by atoms with Crippen molar-refractivity contribution in [1.29, 1.82) is 0 Å². The molecule has 2 saturated carbocycles. The van der Waals surface area contributed by atoms with Crippen molar-refractivity contribution in [1.82, 2.24) is 4.90 Å². The quantitative estimate of drug-likeness (QED) is 0.452. The average molecular weight is 492 g/mol. The molecule has 9 heteroatoms. The van der Waals surface area contributed by atoms with E-state index in [1.165, 1.54) is 6.07 Å². The van der Waals surface area contributed by atoms with Crippen LogP contribution >= 0.6 is 0 Å². The van der Waals surface area contributed by atoms with Crippen LogP contribution in [0.15, 0.2) is 29.2 Å². The fourth-order valence-electron chi connectivity index (χ4n) is 5.39. The maximum atomic E-state index is 13.2. The van der Waals surface area contributed by atoms with Crippen LogP contribution in [0.1, 0.15) is 62.8 Å². The van der Waals surface area contributed by atoms with Crippen molar-refractivity contribution in [3.8, 4) is 0 Å². The number of likely N-dealkylation sites (tertiary alicyclic amines) is 1. The van der Waals surface area contributed by atoms with E-state index in [-0.39, 0.29) is 36.3 Å². The van der Waals surface area contributed by atoms with Crippen LogP contribution in [0.2, 0.25) is 0 Å². The average Bonchev–Trinajstić information content (AvgIpc) is 3.60. The van der Waals surface area contributed by atoms with Crippen molar-refractivity contribution in [2.24, 2.45) is 11.3 Å². The number of ether oxygens (including phenoxy) is 1. The molecular weight excluding hydrogens is 458 g/mol. The predicted octanol–water partition coefficient (Wildman–Crippen LogP) is 5.48. The summed E-state index contributed by atoms with van der Waals surface area (Å²) in [6.07, 6.45) is 1.48. The van der Waals surface area contributed by atoms with Gasteiger partial charge in [-0.25, -0.2) is 12.8 Å². The lowest BCUT2D eigenvalue weighted by molar-refractivity contribution is -0.192. The van der Waals surface area contributed by atoms with Crippen LogP contribution < -0.4 is 0 Å². The predicted molar refractivity (Wildman–Crippen MR) is 117 cm³/mol. The molecule has 3 aliphatic rings. The Balaban J connectivity index is 1.20. The Morgan fingerprint density at radius 1 is 1.00 bits per heavy atom. The van der Waals surface area contributed by atoms with Gasteiger partial charge in [-0.2, -0.15) is 13.2 Å². The number of hydrogen-bond donors (Lipinski definition) is 0. The molecule has 4 rings (SSSR count). The Hall–Kier alpha value is -1.19. The summed E-state index contributed by atoms with van der Waals surface area (Å²) in [6.45, 7) is 2.14. The molecule has 0 atom stereocenters. The minimum atomic E-state index is -4.09. The van der Waals surface area contributed by atoms with Crippen molar-refractivity contribution in [3.05, 3.63) is 29.8 Å². The van der Waals surface area contributed by atoms with Crippen molar-refractivity contribution in [2.45, 2.75) is 74.5 Å². The van der Waals surface area contributed by atoms with Crippen molar-refractivity contribution < 1.29 is 30.7 Å². The van der Waals surface area contributed by atoms with E-state index in [0.717, 1.165) is 38.5 Å². The van der Waals surface area contributed by atoms with Crippen LogP contribution in [0.5, 0.6) is 0 Å². The second-order valence-corrected chi connectivity index (χ2v) is 12.0. The van der Waals surface area contributed by atoms with Gasteiger partial charge in [0.05, 0.1) is 16.4 Å². The van der Waals surface area contributed by atoms with Crippen molar-refractivity contribution >= 4 is 9.84 Å². The highest BCUT2D eigenvalue weighted by Crippen LogP contribution is 2.58. The largest absolute Gasteiger partial charge is 0.395 e. The second kappa shape index (κ2) is 9.82. The maximum absolute atomic E-state index is 13.2. The number of piperidine rings is 1. The van der Waals surface area contributed by atoms with E-state index in [1.807, 2.05) is 4.90 Å². The number of nitrogens with zero attached hydrogens (tertiary/aromatic N) is 1. The lowest BCUT2D eigenvalue weighted by Gasteiger charge is -2.36. The molecule has 1 saturated heterocycles. The summed E-state index contributed by atoms with van der Waals surface area (Å²) in [5.41, 5.74) is -0.759. The molecule has 186 valence electrons. The number of hydrogen-bond acceptors (Lipinski definition) is 4. The Bertz CT molecular complexity index is 901. The Labute approximate surface area is 193 Å². The van der Waals surface area contributed by atoms with E-state index in [1.54, 1.807) is 18.2 Å². The number of sulfone groups is 1. The van der Waals surface area contributed by atoms with Gasteiger partial charge < -0.3 is 9.64 Å². The van der Waals surface area contributed by atoms with Gasteiger partial charge in [0, 0.05) is 13.2 Å². The second-order valence-electron chi connectivity index (χ2n) is 10.1. The first-order chi connectivity index (χ1) is 15.6. The van der Waals surface area contributed by atoms with E-state index in [4.69, 9.17) is 4.74 Å². The fraction of sp³-hybridized carbons (Fsp3) is 0.750. The number of rotatable bonds is 8. The van der Waals surface area contributed by atoms with Crippen LogP contribution in [0.3, 0.4) is 0 Å². The smallest absolute Gasteiger partial charge is 0.378 e. The molecule has 0 unspecified atom stereocenters. The van der Waals surface area contributed by atoms with Gasteiger partial charge in [-0.1, -0.05) is 18.2 Å². The number of benzene rings is 1. The lowest BCUT2D eigenvalue weighted by Crippen LogP contribution is -2.43. The van der Waals surface area contributed by atoms with Crippen LogP contribution in [-0.2, 0) is 14.6 Å². The molecule has 2 aliphatic carbocycles. The summed E-state index contributed by atoms with van der Waals surface area (Å²) in [6, 6.07) is 5.30. The molecule has 3 fully saturated rings. The van der Waals surface area contributed by atoms with Crippen LogP contribution in [-0.4, -0.2) is 57.8 Å². The van der Waals surface area contributed by atoms with Gasteiger partial charge in [-0.05, 0) is 87.9 Å². The number of alkyl halides is 4. The molecule has 0 N–H and O–H groups in total. The fourth-order valence-corrected chi connectivity index (χ4v) is 6.39. The Morgan fingerprint density at radius 3 is 2.21 bits per heavy atom. The first-order valence-electron chi connectivity index (χ1n) is 11.9. The van der Waals surface area contributed by atoms with E-state index in [0.29, 0.717) is 31.2 Å². The lowest BCUT2D eigenvalue weighted by atomic mass is 9.82. The zero-order valence-corrected chi connectivity index (χ0v) is 19.6. The third kappa shape index (κ3) is 5.73. The highest BCUT2D eigenvalue weighted by Gasteiger charge is 2.63.